The van der Waals surface area contributed by atoms with Crippen molar-refractivity contribution in [1.29, 1.82) is 0 Å². The van der Waals surface area contributed by atoms with Gasteiger partial charge in [-0.2, -0.15) is 0 Å². The van der Waals surface area contributed by atoms with E-state index in [2.05, 4.69) is 28.1 Å². The molecule has 0 aliphatic heterocycles. The predicted octanol–water partition coefficient (Wildman–Crippen LogP) is 2.88. The minimum Gasteiger partial charge on any atom is -0.383 e. The molecule has 1 aromatic rings. The summed E-state index contributed by atoms with van der Waals surface area (Å²) in [6.07, 6.45) is 2.44. The molecule has 1 unspecified atom stereocenters. The standard InChI is InChI=1S/C15H22BrNO2/c1-17(11-14(16)12-19-2)15(18)10-6-9-13-7-4-3-5-8-13/h3-5,7-8,14H,6,9-12H2,1-2H3. The molecule has 1 amide bonds. The van der Waals surface area contributed by atoms with Crippen molar-refractivity contribution in [2.75, 3.05) is 27.3 Å². The average Bonchev–Trinajstić information content (AvgIpc) is 2.40. The molecule has 0 fully saturated rings. The lowest BCUT2D eigenvalue weighted by atomic mass is 10.1. The smallest absolute Gasteiger partial charge is 0.222 e. The molecule has 1 atom stereocenters. The largest absolute Gasteiger partial charge is 0.383 e. The monoisotopic (exact) mass is 327 g/mol. The highest BCUT2D eigenvalue weighted by atomic mass is 79.9. The first-order chi connectivity index (χ1) is 9.13. The van der Waals surface area contributed by atoms with Gasteiger partial charge in [-0.1, -0.05) is 46.3 Å². The zero-order chi connectivity index (χ0) is 14.1. The third kappa shape index (κ3) is 6.73. The first-order valence-corrected chi connectivity index (χ1v) is 7.46. The number of halogens is 1. The minimum absolute atomic E-state index is 0.191. The molecule has 0 saturated heterocycles. The summed E-state index contributed by atoms with van der Waals surface area (Å²) in [5.41, 5.74) is 1.29. The van der Waals surface area contributed by atoms with E-state index in [0.717, 1.165) is 12.8 Å². The number of benzene rings is 1. The second-order valence-electron chi connectivity index (χ2n) is 4.67. The van der Waals surface area contributed by atoms with Gasteiger partial charge in [0.1, 0.15) is 0 Å². The number of alkyl halides is 1. The number of hydrogen-bond acceptors (Lipinski definition) is 2. The van der Waals surface area contributed by atoms with Crippen LogP contribution in [0.5, 0.6) is 0 Å². The Labute approximate surface area is 124 Å². The van der Waals surface area contributed by atoms with Crippen LogP contribution >= 0.6 is 15.9 Å². The Kier molecular flexibility index (Phi) is 7.75. The van der Waals surface area contributed by atoms with Gasteiger partial charge >= 0.3 is 0 Å². The molecule has 3 nitrogen and oxygen atoms in total. The van der Waals surface area contributed by atoms with E-state index in [9.17, 15) is 4.79 Å². The number of ether oxygens (including phenoxy) is 1. The van der Waals surface area contributed by atoms with Crippen molar-refractivity contribution >= 4 is 21.8 Å². The molecule has 0 aliphatic carbocycles. The molecular formula is C15H22BrNO2. The van der Waals surface area contributed by atoms with Crippen LogP contribution in [0.15, 0.2) is 30.3 Å². The van der Waals surface area contributed by atoms with Crippen LogP contribution in [0.2, 0.25) is 0 Å². The Bertz CT molecular complexity index is 370. The van der Waals surface area contributed by atoms with Gasteiger partial charge in [0, 0.05) is 27.1 Å². The van der Waals surface area contributed by atoms with E-state index in [1.54, 1.807) is 12.0 Å². The van der Waals surface area contributed by atoms with Crippen molar-refractivity contribution in [2.45, 2.75) is 24.1 Å². The number of methoxy groups -OCH3 is 1. The van der Waals surface area contributed by atoms with Gasteiger partial charge in [-0.05, 0) is 18.4 Å². The molecule has 1 aromatic carbocycles. The Hall–Kier alpha value is -0.870. The number of carbonyl (C=O) groups is 1. The first-order valence-electron chi connectivity index (χ1n) is 6.54. The van der Waals surface area contributed by atoms with Crippen LogP contribution in [0.4, 0.5) is 0 Å². The van der Waals surface area contributed by atoms with Crippen LogP contribution in [0.1, 0.15) is 18.4 Å². The summed E-state index contributed by atoms with van der Waals surface area (Å²) < 4.78 is 5.04. The van der Waals surface area contributed by atoms with Gasteiger partial charge < -0.3 is 9.64 Å². The first kappa shape index (κ1) is 16.2. The number of carbonyl (C=O) groups excluding carboxylic acids is 1. The lowest BCUT2D eigenvalue weighted by Crippen LogP contribution is -2.33. The van der Waals surface area contributed by atoms with Crippen LogP contribution in [-0.2, 0) is 16.0 Å². The molecule has 0 saturated carbocycles. The van der Waals surface area contributed by atoms with E-state index in [4.69, 9.17) is 4.74 Å². The highest BCUT2D eigenvalue weighted by molar-refractivity contribution is 9.09. The maximum Gasteiger partial charge on any atom is 0.222 e. The Balaban J connectivity index is 2.23. The summed E-state index contributed by atoms with van der Waals surface area (Å²) in [6.45, 7) is 1.29. The predicted molar refractivity (Wildman–Crippen MR) is 81.6 cm³/mol. The molecule has 4 heteroatoms. The minimum atomic E-state index is 0.191. The zero-order valence-corrected chi connectivity index (χ0v) is 13.2. The van der Waals surface area contributed by atoms with Crippen molar-refractivity contribution in [3.8, 4) is 0 Å². The quantitative estimate of drug-likeness (QED) is 0.687. The number of nitrogens with zero attached hydrogens (tertiary/aromatic N) is 1. The van der Waals surface area contributed by atoms with Crippen molar-refractivity contribution in [2.24, 2.45) is 0 Å². The molecule has 0 aliphatic rings. The van der Waals surface area contributed by atoms with Gasteiger partial charge in [0.25, 0.3) is 0 Å². The summed E-state index contributed by atoms with van der Waals surface area (Å²) in [7, 11) is 3.50. The molecule has 0 spiro atoms. The molecule has 0 heterocycles. The highest BCUT2D eigenvalue weighted by Crippen LogP contribution is 2.08. The highest BCUT2D eigenvalue weighted by Gasteiger charge is 2.13. The third-order valence-electron chi connectivity index (χ3n) is 2.94. The lowest BCUT2D eigenvalue weighted by Gasteiger charge is -2.20. The Morgan fingerprint density at radius 2 is 2.05 bits per heavy atom. The molecule has 106 valence electrons. The van der Waals surface area contributed by atoms with Crippen LogP contribution in [0.3, 0.4) is 0 Å². The summed E-state index contributed by atoms with van der Waals surface area (Å²) in [5.74, 6) is 0.191. The number of aryl methyl sites for hydroxylation is 1. The lowest BCUT2D eigenvalue weighted by molar-refractivity contribution is -0.130. The summed E-state index contributed by atoms with van der Waals surface area (Å²) >= 11 is 3.49. The molecule has 1 rings (SSSR count). The van der Waals surface area contributed by atoms with Crippen molar-refractivity contribution in [3.05, 3.63) is 35.9 Å². The Morgan fingerprint density at radius 3 is 2.68 bits per heavy atom. The SMILES string of the molecule is COCC(Br)CN(C)C(=O)CCCc1ccccc1. The van der Waals surface area contributed by atoms with Crippen LogP contribution in [0, 0.1) is 0 Å². The van der Waals surface area contributed by atoms with Crippen molar-refractivity contribution in [3.63, 3.8) is 0 Å². The number of amides is 1. The van der Waals surface area contributed by atoms with Crippen molar-refractivity contribution in [1.82, 2.24) is 4.90 Å². The average molecular weight is 328 g/mol. The molecule has 19 heavy (non-hydrogen) atoms. The second-order valence-corrected chi connectivity index (χ2v) is 5.96. The fraction of sp³-hybridized carbons (Fsp3) is 0.533. The van der Waals surface area contributed by atoms with Crippen molar-refractivity contribution < 1.29 is 9.53 Å². The van der Waals surface area contributed by atoms with Gasteiger partial charge in [0.2, 0.25) is 5.91 Å². The maximum atomic E-state index is 11.9. The van der Waals surface area contributed by atoms with E-state index in [-0.39, 0.29) is 10.7 Å². The molecule has 0 aromatic heterocycles. The second kappa shape index (κ2) is 9.10. The van der Waals surface area contributed by atoms with Crippen LogP contribution in [0.25, 0.3) is 0 Å². The Morgan fingerprint density at radius 1 is 1.37 bits per heavy atom. The molecular weight excluding hydrogens is 306 g/mol. The fourth-order valence-electron chi connectivity index (χ4n) is 1.91. The molecule has 0 bridgehead atoms. The zero-order valence-electron chi connectivity index (χ0n) is 11.6. The van der Waals surface area contributed by atoms with Gasteiger partial charge in [-0.15, -0.1) is 0 Å². The van der Waals surface area contributed by atoms with E-state index >= 15 is 0 Å². The summed E-state index contributed by atoms with van der Waals surface area (Å²) in [4.78, 5) is 13.9. The molecule has 0 radical (unpaired) electrons. The topological polar surface area (TPSA) is 29.5 Å². The van der Waals surface area contributed by atoms with E-state index in [1.165, 1.54) is 5.56 Å². The third-order valence-corrected chi connectivity index (χ3v) is 3.50. The number of rotatable bonds is 8. The van der Waals surface area contributed by atoms with Gasteiger partial charge in [0.05, 0.1) is 11.4 Å². The summed E-state index contributed by atoms with van der Waals surface area (Å²) in [5, 5.41) is 0. The van der Waals surface area contributed by atoms with Gasteiger partial charge in [0.15, 0.2) is 0 Å². The normalized spacial score (nSPS) is 12.2. The van der Waals surface area contributed by atoms with E-state index < -0.39 is 0 Å². The summed E-state index contributed by atoms with van der Waals surface area (Å²) in [6, 6.07) is 10.3. The van der Waals surface area contributed by atoms with E-state index in [0.29, 0.717) is 19.6 Å². The van der Waals surface area contributed by atoms with Gasteiger partial charge in [-0.3, -0.25) is 4.79 Å². The van der Waals surface area contributed by atoms with Gasteiger partial charge in [-0.25, -0.2) is 0 Å². The molecule has 0 N–H and O–H groups in total. The van der Waals surface area contributed by atoms with Crippen LogP contribution < -0.4 is 0 Å². The van der Waals surface area contributed by atoms with E-state index in [1.807, 2.05) is 25.2 Å². The fourth-order valence-corrected chi connectivity index (χ4v) is 2.61. The maximum absolute atomic E-state index is 11.9. The number of hydrogen-bond donors (Lipinski definition) is 0. The van der Waals surface area contributed by atoms with Crippen LogP contribution in [-0.4, -0.2) is 42.9 Å².